The van der Waals surface area contributed by atoms with Crippen LogP contribution in [0.5, 0.6) is 0 Å². The lowest BCUT2D eigenvalue weighted by Gasteiger charge is -2.10. The SMILES string of the molecule is COC(=O)c1ccc(C)c(NC(=O)c2ccc(S(C)=O)cc2)c1. The third-order valence-corrected chi connectivity index (χ3v) is 4.29. The van der Waals surface area contributed by atoms with Crippen molar-refractivity contribution in [3.05, 3.63) is 59.2 Å². The van der Waals surface area contributed by atoms with Gasteiger partial charge in [-0.1, -0.05) is 6.07 Å². The Morgan fingerprint density at radius 3 is 2.22 bits per heavy atom. The van der Waals surface area contributed by atoms with Crippen molar-refractivity contribution in [2.24, 2.45) is 0 Å². The molecule has 0 aliphatic carbocycles. The lowest BCUT2D eigenvalue weighted by atomic mass is 10.1. The number of hydrogen-bond donors (Lipinski definition) is 1. The van der Waals surface area contributed by atoms with Gasteiger partial charge < -0.3 is 10.1 Å². The number of rotatable bonds is 4. The van der Waals surface area contributed by atoms with Crippen LogP contribution in [0.4, 0.5) is 5.69 Å². The fourth-order valence-electron chi connectivity index (χ4n) is 1.99. The van der Waals surface area contributed by atoms with Gasteiger partial charge in [0.1, 0.15) is 0 Å². The predicted octanol–water partition coefficient (Wildman–Crippen LogP) is 2.77. The molecule has 120 valence electrons. The van der Waals surface area contributed by atoms with Crippen LogP contribution in [0.2, 0.25) is 0 Å². The van der Waals surface area contributed by atoms with Crippen molar-refractivity contribution in [2.45, 2.75) is 11.8 Å². The molecular weight excluding hydrogens is 314 g/mol. The van der Waals surface area contributed by atoms with Gasteiger partial charge in [-0.15, -0.1) is 0 Å². The Hall–Kier alpha value is -2.47. The van der Waals surface area contributed by atoms with Crippen molar-refractivity contribution in [1.29, 1.82) is 0 Å². The number of carbonyl (C=O) groups excluding carboxylic acids is 2. The lowest BCUT2D eigenvalue weighted by Crippen LogP contribution is -2.13. The van der Waals surface area contributed by atoms with E-state index in [9.17, 15) is 13.8 Å². The Morgan fingerprint density at radius 1 is 1.04 bits per heavy atom. The smallest absolute Gasteiger partial charge is 0.337 e. The van der Waals surface area contributed by atoms with Crippen molar-refractivity contribution in [3.63, 3.8) is 0 Å². The van der Waals surface area contributed by atoms with Crippen LogP contribution in [-0.2, 0) is 15.5 Å². The summed E-state index contributed by atoms with van der Waals surface area (Å²) >= 11 is 0. The first-order chi connectivity index (χ1) is 10.9. The van der Waals surface area contributed by atoms with Gasteiger partial charge in [-0.2, -0.15) is 0 Å². The maximum atomic E-state index is 12.3. The first-order valence-corrected chi connectivity index (χ1v) is 8.42. The largest absolute Gasteiger partial charge is 0.465 e. The van der Waals surface area contributed by atoms with Gasteiger partial charge in [0.25, 0.3) is 5.91 Å². The standard InChI is InChI=1S/C17H17NO4S/c1-11-4-5-13(17(20)22-2)10-15(11)18-16(19)12-6-8-14(9-7-12)23(3)21/h4-10H,1-3H3,(H,18,19). The highest BCUT2D eigenvalue weighted by Gasteiger charge is 2.12. The van der Waals surface area contributed by atoms with Crippen LogP contribution in [0.15, 0.2) is 47.4 Å². The van der Waals surface area contributed by atoms with E-state index in [0.717, 1.165) is 5.56 Å². The van der Waals surface area contributed by atoms with E-state index in [0.29, 0.717) is 21.7 Å². The van der Waals surface area contributed by atoms with Crippen LogP contribution in [-0.4, -0.2) is 29.5 Å². The Morgan fingerprint density at radius 2 is 1.65 bits per heavy atom. The van der Waals surface area contributed by atoms with Crippen LogP contribution in [0, 0.1) is 6.92 Å². The minimum atomic E-state index is -1.08. The first-order valence-electron chi connectivity index (χ1n) is 6.86. The number of anilines is 1. The number of nitrogens with one attached hydrogen (secondary N) is 1. The van der Waals surface area contributed by atoms with Crippen molar-refractivity contribution in [3.8, 4) is 0 Å². The third kappa shape index (κ3) is 4.04. The molecule has 2 rings (SSSR count). The normalized spacial score (nSPS) is 11.6. The number of carbonyl (C=O) groups is 2. The highest BCUT2D eigenvalue weighted by molar-refractivity contribution is 7.84. The molecule has 1 atom stereocenters. The molecule has 0 aromatic heterocycles. The van der Waals surface area contributed by atoms with Crippen LogP contribution < -0.4 is 5.32 Å². The summed E-state index contributed by atoms with van der Waals surface area (Å²) in [5.74, 6) is -0.765. The molecule has 1 N–H and O–H groups in total. The highest BCUT2D eigenvalue weighted by atomic mass is 32.2. The lowest BCUT2D eigenvalue weighted by molar-refractivity contribution is 0.0600. The molecule has 0 aliphatic heterocycles. The second-order valence-electron chi connectivity index (χ2n) is 4.95. The average molecular weight is 331 g/mol. The number of aryl methyl sites for hydroxylation is 1. The molecule has 1 unspecified atom stereocenters. The summed E-state index contributed by atoms with van der Waals surface area (Å²) in [6, 6.07) is 11.5. The van der Waals surface area contributed by atoms with E-state index in [1.807, 2.05) is 6.92 Å². The number of esters is 1. The zero-order chi connectivity index (χ0) is 17.0. The predicted molar refractivity (Wildman–Crippen MR) is 89.2 cm³/mol. The molecule has 2 aromatic carbocycles. The molecule has 0 spiro atoms. The van der Waals surface area contributed by atoms with Gasteiger partial charge in [-0.25, -0.2) is 4.79 Å². The summed E-state index contributed by atoms with van der Waals surface area (Å²) in [4.78, 5) is 24.5. The second kappa shape index (κ2) is 7.19. The molecule has 6 heteroatoms. The molecule has 0 aliphatic rings. The summed E-state index contributed by atoms with van der Waals surface area (Å²) < 4.78 is 16.0. The molecule has 2 aromatic rings. The summed E-state index contributed by atoms with van der Waals surface area (Å²) in [7, 11) is 0.221. The molecule has 0 heterocycles. The number of ether oxygens (including phenoxy) is 1. The molecule has 23 heavy (non-hydrogen) atoms. The Kier molecular flexibility index (Phi) is 5.28. The average Bonchev–Trinajstić information content (AvgIpc) is 2.56. The molecular formula is C17H17NO4S. The third-order valence-electron chi connectivity index (χ3n) is 3.36. The summed E-state index contributed by atoms with van der Waals surface area (Å²) in [6.45, 7) is 1.83. The van der Waals surface area contributed by atoms with Crippen molar-refractivity contribution in [1.82, 2.24) is 0 Å². The second-order valence-corrected chi connectivity index (χ2v) is 6.33. The molecule has 0 radical (unpaired) electrons. The van der Waals surface area contributed by atoms with E-state index in [1.54, 1.807) is 48.7 Å². The van der Waals surface area contributed by atoms with E-state index in [-0.39, 0.29) is 5.91 Å². The number of benzene rings is 2. The number of amides is 1. The maximum absolute atomic E-state index is 12.3. The van der Waals surface area contributed by atoms with Crippen LogP contribution in [0.3, 0.4) is 0 Å². The van der Waals surface area contributed by atoms with Gasteiger partial charge in [0.15, 0.2) is 0 Å². The zero-order valence-electron chi connectivity index (χ0n) is 13.1. The zero-order valence-corrected chi connectivity index (χ0v) is 13.9. The topological polar surface area (TPSA) is 72.5 Å². The Bertz CT molecular complexity index is 769. The number of methoxy groups -OCH3 is 1. The summed E-state index contributed by atoms with van der Waals surface area (Å²) in [5.41, 5.74) is 2.19. The van der Waals surface area contributed by atoms with Gasteiger partial charge in [0, 0.05) is 33.2 Å². The van der Waals surface area contributed by atoms with Gasteiger partial charge >= 0.3 is 5.97 Å². The Labute approximate surface area is 137 Å². The van der Waals surface area contributed by atoms with E-state index in [4.69, 9.17) is 0 Å². The molecule has 5 nitrogen and oxygen atoms in total. The fourth-order valence-corrected chi connectivity index (χ4v) is 2.51. The summed E-state index contributed by atoms with van der Waals surface area (Å²) in [6.07, 6.45) is 1.58. The van der Waals surface area contributed by atoms with E-state index < -0.39 is 16.8 Å². The molecule has 0 saturated carbocycles. The van der Waals surface area contributed by atoms with Gasteiger partial charge in [-0.3, -0.25) is 9.00 Å². The molecule has 0 fully saturated rings. The van der Waals surface area contributed by atoms with Crippen molar-refractivity contribution >= 4 is 28.4 Å². The fraction of sp³-hybridized carbons (Fsp3) is 0.176. The maximum Gasteiger partial charge on any atom is 0.337 e. The van der Waals surface area contributed by atoms with Crippen LogP contribution >= 0.6 is 0 Å². The molecule has 0 bridgehead atoms. The van der Waals surface area contributed by atoms with Gasteiger partial charge in [0.05, 0.1) is 12.7 Å². The molecule has 1 amide bonds. The minimum absolute atomic E-state index is 0.302. The highest BCUT2D eigenvalue weighted by Crippen LogP contribution is 2.19. The van der Waals surface area contributed by atoms with Gasteiger partial charge in [-0.05, 0) is 48.9 Å². The summed E-state index contributed by atoms with van der Waals surface area (Å²) in [5, 5.41) is 2.77. The van der Waals surface area contributed by atoms with Gasteiger partial charge in [0.2, 0.25) is 0 Å². The quantitative estimate of drug-likeness (QED) is 0.875. The van der Waals surface area contributed by atoms with Crippen molar-refractivity contribution < 1.29 is 18.5 Å². The Balaban J connectivity index is 2.22. The van der Waals surface area contributed by atoms with E-state index in [1.165, 1.54) is 7.11 Å². The minimum Gasteiger partial charge on any atom is -0.465 e. The number of hydrogen-bond acceptors (Lipinski definition) is 4. The van der Waals surface area contributed by atoms with Crippen LogP contribution in [0.25, 0.3) is 0 Å². The van der Waals surface area contributed by atoms with Crippen molar-refractivity contribution in [2.75, 3.05) is 18.7 Å². The molecule has 0 saturated heterocycles. The monoisotopic (exact) mass is 331 g/mol. The van der Waals surface area contributed by atoms with Crippen LogP contribution in [0.1, 0.15) is 26.3 Å². The first kappa shape index (κ1) is 16.9. The van der Waals surface area contributed by atoms with E-state index >= 15 is 0 Å². The van der Waals surface area contributed by atoms with E-state index in [2.05, 4.69) is 10.1 Å².